The molecule has 0 saturated heterocycles. The Morgan fingerprint density at radius 2 is 1.90 bits per heavy atom. The minimum Gasteiger partial charge on any atom is -0.481 e. The molecule has 6 nitrogen and oxygen atoms in total. The van der Waals surface area contributed by atoms with Crippen LogP contribution in [0.25, 0.3) is 0 Å². The first-order valence-electron chi connectivity index (χ1n) is 6.24. The van der Waals surface area contributed by atoms with Gasteiger partial charge in [-0.05, 0) is 19.4 Å². The Labute approximate surface area is 119 Å². The molecular weight excluding hydrogens is 280 g/mol. The van der Waals surface area contributed by atoms with Crippen LogP contribution in [0.1, 0.15) is 30.5 Å². The van der Waals surface area contributed by atoms with Crippen LogP contribution in [-0.4, -0.2) is 37.4 Å². The molecule has 0 amide bonds. The lowest BCUT2D eigenvalue weighted by atomic mass is 10.1. The smallest absolute Gasteiger partial charge is 0.304 e. The lowest BCUT2D eigenvalue weighted by molar-refractivity contribution is -0.137. The first-order chi connectivity index (χ1) is 9.22. The fraction of sp³-hybridized carbons (Fsp3) is 0.462. The summed E-state index contributed by atoms with van der Waals surface area (Å²) in [6.45, 7) is 3.64. The van der Waals surface area contributed by atoms with Crippen molar-refractivity contribution < 1.29 is 18.3 Å². The molecule has 0 saturated carbocycles. The van der Waals surface area contributed by atoms with Crippen LogP contribution in [0.5, 0.6) is 0 Å². The van der Waals surface area contributed by atoms with Gasteiger partial charge < -0.3 is 5.11 Å². The maximum absolute atomic E-state index is 12.0. The number of aryl methyl sites for hydroxylation is 1. The zero-order valence-electron chi connectivity index (χ0n) is 11.8. The van der Waals surface area contributed by atoms with Gasteiger partial charge in [-0.2, -0.15) is 17.4 Å². The molecule has 0 fully saturated rings. The number of nitrogens with zero attached hydrogens (tertiary/aromatic N) is 1. The molecule has 7 heteroatoms. The second-order valence-corrected chi connectivity index (χ2v) is 6.53. The Bertz CT molecular complexity index is 554. The van der Waals surface area contributed by atoms with Crippen molar-refractivity contribution in [2.24, 2.45) is 0 Å². The molecule has 1 rings (SSSR count). The van der Waals surface area contributed by atoms with Gasteiger partial charge in [0, 0.05) is 19.6 Å². The number of rotatable bonds is 7. The fourth-order valence-corrected chi connectivity index (χ4v) is 2.70. The highest BCUT2D eigenvalue weighted by molar-refractivity contribution is 7.87. The van der Waals surface area contributed by atoms with E-state index in [1.165, 1.54) is 7.05 Å². The molecule has 0 aliphatic rings. The molecule has 112 valence electrons. The van der Waals surface area contributed by atoms with Crippen LogP contribution >= 0.6 is 0 Å². The third-order valence-electron chi connectivity index (χ3n) is 2.95. The maximum Gasteiger partial charge on any atom is 0.304 e. The number of carbonyl (C=O) groups is 1. The first-order valence-corrected chi connectivity index (χ1v) is 7.68. The molecule has 0 heterocycles. The summed E-state index contributed by atoms with van der Waals surface area (Å²) in [5.41, 5.74) is 1.95. The van der Waals surface area contributed by atoms with E-state index in [1.807, 2.05) is 31.2 Å². The molecular formula is C13H20N2O4S. The summed E-state index contributed by atoms with van der Waals surface area (Å²) in [5.74, 6) is -1.03. The van der Waals surface area contributed by atoms with E-state index >= 15 is 0 Å². The van der Waals surface area contributed by atoms with E-state index in [1.54, 1.807) is 6.92 Å². The molecule has 0 bridgehead atoms. The van der Waals surface area contributed by atoms with Gasteiger partial charge in [0.25, 0.3) is 10.2 Å². The van der Waals surface area contributed by atoms with Gasteiger partial charge in [-0.25, -0.2) is 0 Å². The lowest BCUT2D eigenvalue weighted by Gasteiger charge is -2.21. The van der Waals surface area contributed by atoms with Gasteiger partial charge in [0.05, 0.1) is 6.42 Å². The van der Waals surface area contributed by atoms with E-state index in [-0.39, 0.29) is 19.0 Å². The molecule has 0 unspecified atom stereocenters. The highest BCUT2D eigenvalue weighted by Gasteiger charge is 2.21. The van der Waals surface area contributed by atoms with Gasteiger partial charge in [0.1, 0.15) is 0 Å². The molecule has 0 aliphatic carbocycles. The van der Waals surface area contributed by atoms with Gasteiger partial charge in [-0.15, -0.1) is 0 Å². The number of carboxylic acid groups (broad SMARTS) is 1. The maximum atomic E-state index is 12.0. The van der Waals surface area contributed by atoms with Crippen molar-refractivity contribution in [3.05, 3.63) is 35.4 Å². The van der Waals surface area contributed by atoms with Crippen molar-refractivity contribution in [3.8, 4) is 0 Å². The Balaban J connectivity index is 2.69. The number of carboxylic acids is 1. The van der Waals surface area contributed by atoms with Crippen molar-refractivity contribution >= 4 is 16.2 Å². The Hall–Kier alpha value is -1.44. The highest BCUT2D eigenvalue weighted by Crippen LogP contribution is 2.14. The topological polar surface area (TPSA) is 86.7 Å². The van der Waals surface area contributed by atoms with Crippen molar-refractivity contribution in [2.75, 3.05) is 13.6 Å². The van der Waals surface area contributed by atoms with Crippen LogP contribution in [0.3, 0.4) is 0 Å². The molecule has 1 atom stereocenters. The highest BCUT2D eigenvalue weighted by atomic mass is 32.2. The Kier molecular flexibility index (Phi) is 5.67. The van der Waals surface area contributed by atoms with Gasteiger partial charge in [0.15, 0.2) is 0 Å². The van der Waals surface area contributed by atoms with Gasteiger partial charge in [0.2, 0.25) is 0 Å². The first kappa shape index (κ1) is 16.6. The summed E-state index contributed by atoms with van der Waals surface area (Å²) >= 11 is 0. The number of nitrogens with one attached hydrogen (secondary N) is 1. The largest absolute Gasteiger partial charge is 0.481 e. The predicted octanol–water partition coefficient (Wildman–Crippen LogP) is 1.30. The van der Waals surface area contributed by atoms with E-state index < -0.39 is 16.2 Å². The van der Waals surface area contributed by atoms with E-state index in [2.05, 4.69) is 4.72 Å². The molecule has 1 aromatic rings. The minimum atomic E-state index is -3.69. The number of benzene rings is 1. The van der Waals surface area contributed by atoms with E-state index in [0.717, 1.165) is 15.4 Å². The third-order valence-corrected chi connectivity index (χ3v) is 4.61. The fourth-order valence-electron chi connectivity index (χ4n) is 1.61. The summed E-state index contributed by atoms with van der Waals surface area (Å²) in [6.07, 6.45) is -0.226. The van der Waals surface area contributed by atoms with Crippen LogP contribution in [-0.2, 0) is 15.0 Å². The number of aliphatic carboxylic acids is 1. The molecule has 20 heavy (non-hydrogen) atoms. The summed E-state index contributed by atoms with van der Waals surface area (Å²) < 4.78 is 27.6. The normalized spacial score (nSPS) is 13.4. The standard InChI is InChI=1S/C13H20N2O4S/c1-10-4-6-12(7-5-10)11(2)14-20(18,19)15(3)9-8-13(16)17/h4-7,11,14H,8-9H2,1-3H3,(H,16,17)/t11-/m0/s1. The SMILES string of the molecule is Cc1ccc([C@H](C)NS(=O)(=O)N(C)CCC(=O)O)cc1. The zero-order chi connectivity index (χ0) is 15.3. The third kappa shape index (κ3) is 4.92. The number of hydrogen-bond acceptors (Lipinski definition) is 3. The van der Waals surface area contributed by atoms with E-state index in [4.69, 9.17) is 5.11 Å². The number of hydrogen-bond donors (Lipinski definition) is 2. The second kappa shape index (κ2) is 6.83. The van der Waals surface area contributed by atoms with Crippen LogP contribution in [0, 0.1) is 6.92 Å². The van der Waals surface area contributed by atoms with Crippen LogP contribution in [0.4, 0.5) is 0 Å². The molecule has 0 spiro atoms. The van der Waals surface area contributed by atoms with Crippen molar-refractivity contribution in [2.45, 2.75) is 26.3 Å². The average molecular weight is 300 g/mol. The Morgan fingerprint density at radius 1 is 1.35 bits per heavy atom. The van der Waals surface area contributed by atoms with E-state index in [9.17, 15) is 13.2 Å². The minimum absolute atomic E-state index is 0.0642. The van der Waals surface area contributed by atoms with Crippen molar-refractivity contribution in [1.82, 2.24) is 9.03 Å². The summed E-state index contributed by atoms with van der Waals surface area (Å²) in [5, 5.41) is 8.57. The predicted molar refractivity (Wildman–Crippen MR) is 76.5 cm³/mol. The van der Waals surface area contributed by atoms with Crippen LogP contribution in [0.2, 0.25) is 0 Å². The zero-order valence-corrected chi connectivity index (χ0v) is 12.6. The summed E-state index contributed by atoms with van der Waals surface area (Å²) in [4.78, 5) is 10.5. The molecule has 0 aliphatic heterocycles. The molecule has 0 radical (unpaired) electrons. The van der Waals surface area contributed by atoms with Gasteiger partial charge in [-0.3, -0.25) is 4.79 Å². The average Bonchev–Trinajstić information content (AvgIpc) is 2.35. The van der Waals surface area contributed by atoms with Crippen molar-refractivity contribution in [1.29, 1.82) is 0 Å². The monoisotopic (exact) mass is 300 g/mol. The quantitative estimate of drug-likeness (QED) is 0.794. The molecule has 1 aromatic carbocycles. The van der Waals surface area contributed by atoms with Crippen LogP contribution < -0.4 is 4.72 Å². The lowest BCUT2D eigenvalue weighted by Crippen LogP contribution is -2.40. The second-order valence-electron chi connectivity index (χ2n) is 4.72. The molecule has 2 N–H and O–H groups in total. The summed E-state index contributed by atoms with van der Waals surface area (Å²) in [6, 6.07) is 7.16. The van der Waals surface area contributed by atoms with Gasteiger partial charge in [-0.1, -0.05) is 29.8 Å². The summed E-state index contributed by atoms with van der Waals surface area (Å²) in [7, 11) is -2.34. The Morgan fingerprint density at radius 3 is 2.40 bits per heavy atom. The van der Waals surface area contributed by atoms with Crippen LogP contribution in [0.15, 0.2) is 24.3 Å². The van der Waals surface area contributed by atoms with E-state index in [0.29, 0.717) is 0 Å². The van der Waals surface area contributed by atoms with Crippen molar-refractivity contribution in [3.63, 3.8) is 0 Å². The molecule has 0 aromatic heterocycles. The van der Waals surface area contributed by atoms with Gasteiger partial charge >= 0.3 is 5.97 Å².